The van der Waals surface area contributed by atoms with Gasteiger partial charge in [-0.05, 0) is 23.7 Å². The van der Waals surface area contributed by atoms with Crippen molar-refractivity contribution in [2.24, 2.45) is 0 Å². The van der Waals surface area contributed by atoms with Crippen LogP contribution in [-0.2, 0) is 14.8 Å². The maximum Gasteiger partial charge on any atom is 0.322 e. The zero-order chi connectivity index (χ0) is 16.6. The summed E-state index contributed by atoms with van der Waals surface area (Å²) in [5, 5.41) is 5.11. The van der Waals surface area contributed by atoms with Crippen LogP contribution in [0.3, 0.4) is 0 Å². The Kier molecular flexibility index (Phi) is 4.19. The van der Waals surface area contributed by atoms with Gasteiger partial charge in [-0.25, -0.2) is 4.79 Å². The van der Waals surface area contributed by atoms with Crippen molar-refractivity contribution in [1.29, 1.82) is 0 Å². The van der Waals surface area contributed by atoms with Gasteiger partial charge in [-0.1, -0.05) is 51.1 Å². The summed E-state index contributed by atoms with van der Waals surface area (Å²) in [5.41, 5.74) is -0.412. The predicted octanol–water partition coefficient (Wildman–Crippen LogP) is 2.74. The maximum atomic E-state index is 12.4. The molecule has 0 radical (unpaired) electrons. The minimum atomic E-state index is -2.04. The minimum absolute atomic E-state index is 0.0317. The Bertz CT molecular complexity index is 581. The van der Waals surface area contributed by atoms with Crippen LogP contribution in [-0.4, -0.2) is 26.9 Å². The second kappa shape index (κ2) is 5.51. The number of hydrogen-bond acceptors (Lipinski definition) is 3. The average Bonchev–Trinajstić information content (AvgIpc) is 2.72. The SMILES string of the molecule is CC(C)(C)[Si](C)(C)OC[C@@]1(c2ccccc2)NC(=O)NC1=O. The van der Waals surface area contributed by atoms with Crippen LogP contribution in [0.15, 0.2) is 30.3 Å². The van der Waals surface area contributed by atoms with E-state index in [4.69, 9.17) is 4.43 Å². The normalized spacial score (nSPS) is 22.4. The van der Waals surface area contributed by atoms with Gasteiger partial charge in [0.05, 0.1) is 6.61 Å². The second-order valence-electron chi connectivity index (χ2n) is 7.23. The molecule has 2 rings (SSSR count). The van der Waals surface area contributed by atoms with E-state index in [1.54, 1.807) is 0 Å². The van der Waals surface area contributed by atoms with E-state index < -0.39 is 19.9 Å². The highest BCUT2D eigenvalue weighted by atomic mass is 28.4. The first-order valence-corrected chi connectivity index (χ1v) is 10.3. The Morgan fingerprint density at radius 1 is 1.14 bits per heavy atom. The van der Waals surface area contributed by atoms with E-state index in [-0.39, 0.29) is 17.6 Å². The molecule has 0 bridgehead atoms. The third kappa shape index (κ3) is 2.93. The third-order valence-electron chi connectivity index (χ3n) is 4.66. The molecule has 1 atom stereocenters. The maximum absolute atomic E-state index is 12.4. The summed E-state index contributed by atoms with van der Waals surface area (Å²) in [4.78, 5) is 24.1. The number of carbonyl (C=O) groups is 2. The van der Waals surface area contributed by atoms with Crippen LogP contribution >= 0.6 is 0 Å². The van der Waals surface area contributed by atoms with Crippen molar-refractivity contribution in [3.8, 4) is 0 Å². The van der Waals surface area contributed by atoms with Crippen molar-refractivity contribution in [2.75, 3.05) is 6.61 Å². The lowest BCUT2D eigenvalue weighted by Crippen LogP contribution is -2.52. The van der Waals surface area contributed by atoms with Gasteiger partial charge in [-0.15, -0.1) is 0 Å². The third-order valence-corrected chi connectivity index (χ3v) is 9.14. The number of hydrogen-bond donors (Lipinski definition) is 2. The molecule has 1 aliphatic heterocycles. The Morgan fingerprint density at radius 3 is 2.18 bits per heavy atom. The molecule has 22 heavy (non-hydrogen) atoms. The highest BCUT2D eigenvalue weighted by molar-refractivity contribution is 6.74. The number of amides is 3. The zero-order valence-electron chi connectivity index (χ0n) is 13.8. The lowest BCUT2D eigenvalue weighted by atomic mass is 9.91. The van der Waals surface area contributed by atoms with Crippen molar-refractivity contribution in [2.45, 2.75) is 44.4 Å². The summed E-state index contributed by atoms with van der Waals surface area (Å²) < 4.78 is 6.22. The van der Waals surface area contributed by atoms with Crippen LogP contribution in [0.5, 0.6) is 0 Å². The Balaban J connectivity index is 2.32. The molecule has 0 aromatic heterocycles. The molecular formula is C16H24N2O3Si. The van der Waals surface area contributed by atoms with Crippen molar-refractivity contribution in [3.05, 3.63) is 35.9 Å². The number of carbonyl (C=O) groups excluding carboxylic acids is 2. The molecular weight excluding hydrogens is 296 g/mol. The van der Waals surface area contributed by atoms with Crippen molar-refractivity contribution in [3.63, 3.8) is 0 Å². The zero-order valence-corrected chi connectivity index (χ0v) is 14.8. The van der Waals surface area contributed by atoms with Crippen molar-refractivity contribution in [1.82, 2.24) is 10.6 Å². The summed E-state index contributed by atoms with van der Waals surface area (Å²) in [6.07, 6.45) is 0. The van der Waals surface area contributed by atoms with E-state index in [1.165, 1.54) is 0 Å². The lowest BCUT2D eigenvalue weighted by Gasteiger charge is -2.39. The molecule has 6 heteroatoms. The van der Waals surface area contributed by atoms with E-state index >= 15 is 0 Å². The van der Waals surface area contributed by atoms with Crippen LogP contribution in [0, 0.1) is 0 Å². The summed E-state index contributed by atoms with van der Waals surface area (Å²) in [6, 6.07) is 8.76. The van der Waals surface area contributed by atoms with Crippen molar-refractivity contribution < 1.29 is 14.0 Å². The first-order valence-electron chi connectivity index (χ1n) is 7.42. The number of imide groups is 1. The minimum Gasteiger partial charge on any atom is -0.414 e. The largest absolute Gasteiger partial charge is 0.414 e. The summed E-state index contributed by atoms with van der Waals surface area (Å²) in [7, 11) is -2.04. The Labute approximate surface area is 132 Å². The first kappa shape index (κ1) is 16.7. The molecule has 3 amide bonds. The van der Waals surface area contributed by atoms with Gasteiger partial charge in [0.15, 0.2) is 13.9 Å². The van der Waals surface area contributed by atoms with Crippen LogP contribution in [0.2, 0.25) is 18.1 Å². The smallest absolute Gasteiger partial charge is 0.322 e. The van der Waals surface area contributed by atoms with Crippen LogP contribution in [0.25, 0.3) is 0 Å². The first-order chi connectivity index (χ1) is 10.1. The molecule has 1 aliphatic rings. The lowest BCUT2D eigenvalue weighted by molar-refractivity contribution is -0.125. The number of rotatable bonds is 4. The van der Waals surface area contributed by atoms with Gasteiger partial charge in [0.1, 0.15) is 0 Å². The van der Waals surface area contributed by atoms with Crippen LogP contribution < -0.4 is 10.6 Å². The fourth-order valence-corrected chi connectivity index (χ4v) is 3.12. The van der Waals surface area contributed by atoms with E-state index in [1.807, 2.05) is 30.3 Å². The summed E-state index contributed by atoms with van der Waals surface area (Å²) >= 11 is 0. The Morgan fingerprint density at radius 2 is 1.73 bits per heavy atom. The molecule has 0 saturated carbocycles. The topological polar surface area (TPSA) is 67.4 Å². The van der Waals surface area contributed by atoms with E-state index in [2.05, 4.69) is 44.5 Å². The van der Waals surface area contributed by atoms with Gasteiger partial charge < -0.3 is 9.74 Å². The molecule has 1 aromatic carbocycles. The van der Waals surface area contributed by atoms with Crippen LogP contribution in [0.4, 0.5) is 4.79 Å². The van der Waals surface area contributed by atoms with E-state index in [0.29, 0.717) is 0 Å². The van der Waals surface area contributed by atoms with Gasteiger partial charge in [0, 0.05) is 0 Å². The van der Waals surface area contributed by atoms with Gasteiger partial charge in [0.2, 0.25) is 0 Å². The number of urea groups is 1. The van der Waals surface area contributed by atoms with Gasteiger partial charge in [0.25, 0.3) is 5.91 Å². The average molecular weight is 320 g/mol. The van der Waals surface area contributed by atoms with Crippen LogP contribution in [0.1, 0.15) is 26.3 Å². The quantitative estimate of drug-likeness (QED) is 0.662. The monoisotopic (exact) mass is 320 g/mol. The van der Waals surface area contributed by atoms with Gasteiger partial charge >= 0.3 is 6.03 Å². The molecule has 1 saturated heterocycles. The van der Waals surface area contributed by atoms with Gasteiger partial charge in [-0.2, -0.15) is 0 Å². The molecule has 120 valence electrons. The molecule has 0 spiro atoms. The van der Waals surface area contributed by atoms with E-state index in [0.717, 1.165) is 5.56 Å². The number of benzene rings is 1. The molecule has 0 unspecified atom stereocenters. The molecule has 1 heterocycles. The summed E-state index contributed by atoms with van der Waals surface area (Å²) in [6.45, 7) is 10.8. The highest BCUT2D eigenvalue weighted by Crippen LogP contribution is 2.38. The van der Waals surface area contributed by atoms with Gasteiger partial charge in [-0.3, -0.25) is 10.1 Å². The molecule has 1 aromatic rings. The fourth-order valence-electron chi connectivity index (χ4n) is 2.11. The second-order valence-corrected chi connectivity index (χ2v) is 12.0. The molecule has 1 fully saturated rings. The number of nitrogens with one attached hydrogen (secondary N) is 2. The molecule has 5 nitrogen and oxygen atoms in total. The highest BCUT2D eigenvalue weighted by Gasteiger charge is 2.50. The van der Waals surface area contributed by atoms with Crippen molar-refractivity contribution >= 4 is 20.3 Å². The fraction of sp³-hybridized carbons (Fsp3) is 0.500. The Hall–Kier alpha value is -1.66. The molecule has 2 N–H and O–H groups in total. The molecule has 0 aliphatic carbocycles. The standard InChI is InChI=1S/C16H24N2O3Si/c1-15(2,3)22(4,5)21-11-16(12-9-7-6-8-10-12)13(19)17-14(20)18-16/h6-10H,11H2,1-5H3,(H2,17,18,19,20)/t16-/m0/s1. The van der Waals surface area contributed by atoms with E-state index in [9.17, 15) is 9.59 Å². The predicted molar refractivity (Wildman–Crippen MR) is 87.9 cm³/mol. The summed E-state index contributed by atoms with van der Waals surface area (Å²) in [5.74, 6) is -0.359.